The van der Waals surface area contributed by atoms with Crippen molar-refractivity contribution in [1.82, 2.24) is 10.2 Å². The summed E-state index contributed by atoms with van der Waals surface area (Å²) < 4.78 is 0. The standard InChI is InChI=1S/C13H22N2O3S/c1-13(2,9-4-3-5-14-6-9)12(18)15-8-19-7-10(15)11(16)17/h9-10,14H,3-8H2,1-2H3,(H,16,17)/t9?,10-/m0/s1. The Balaban J connectivity index is 2.10. The van der Waals surface area contributed by atoms with Crippen LogP contribution in [0.1, 0.15) is 26.7 Å². The minimum atomic E-state index is -0.893. The van der Waals surface area contributed by atoms with E-state index in [1.54, 1.807) is 4.90 Å². The summed E-state index contributed by atoms with van der Waals surface area (Å²) in [6, 6.07) is -0.659. The summed E-state index contributed by atoms with van der Waals surface area (Å²) >= 11 is 1.52. The number of nitrogens with one attached hydrogen (secondary N) is 1. The first-order chi connectivity index (χ1) is 8.94. The van der Waals surface area contributed by atoms with Gasteiger partial charge in [0.2, 0.25) is 5.91 Å². The van der Waals surface area contributed by atoms with Crippen molar-refractivity contribution < 1.29 is 14.7 Å². The molecule has 2 fully saturated rings. The number of carbonyl (C=O) groups is 2. The molecule has 0 bridgehead atoms. The zero-order valence-corrected chi connectivity index (χ0v) is 12.3. The number of piperidine rings is 1. The Kier molecular flexibility index (Phi) is 4.40. The van der Waals surface area contributed by atoms with E-state index in [1.165, 1.54) is 11.8 Å². The van der Waals surface area contributed by atoms with Gasteiger partial charge < -0.3 is 15.3 Å². The van der Waals surface area contributed by atoms with Gasteiger partial charge in [0.15, 0.2) is 0 Å². The predicted molar refractivity (Wildman–Crippen MR) is 75.0 cm³/mol. The quantitative estimate of drug-likeness (QED) is 0.810. The number of rotatable bonds is 3. The molecule has 2 aliphatic rings. The summed E-state index contributed by atoms with van der Waals surface area (Å²) in [5.41, 5.74) is -0.494. The van der Waals surface area contributed by atoms with E-state index in [0.717, 1.165) is 25.9 Å². The Morgan fingerprint density at radius 2 is 2.16 bits per heavy atom. The maximum atomic E-state index is 12.7. The summed E-state index contributed by atoms with van der Waals surface area (Å²) in [5, 5.41) is 12.5. The number of hydrogen-bond acceptors (Lipinski definition) is 4. The summed E-state index contributed by atoms with van der Waals surface area (Å²) in [4.78, 5) is 25.4. The molecule has 1 unspecified atom stereocenters. The van der Waals surface area contributed by atoms with Crippen molar-refractivity contribution in [1.29, 1.82) is 0 Å². The highest BCUT2D eigenvalue weighted by Crippen LogP contribution is 2.36. The minimum Gasteiger partial charge on any atom is -0.480 e. The van der Waals surface area contributed by atoms with Gasteiger partial charge in [0, 0.05) is 11.2 Å². The Bertz CT molecular complexity index is 367. The summed E-state index contributed by atoms with van der Waals surface area (Å²) in [5.74, 6) is 0.378. The number of amides is 1. The van der Waals surface area contributed by atoms with E-state index >= 15 is 0 Å². The first kappa shape index (κ1) is 14.7. The molecular weight excluding hydrogens is 264 g/mol. The molecular formula is C13H22N2O3S. The smallest absolute Gasteiger partial charge is 0.327 e. The van der Waals surface area contributed by atoms with Crippen LogP contribution in [0.25, 0.3) is 0 Å². The molecule has 6 heteroatoms. The van der Waals surface area contributed by atoms with Crippen molar-refractivity contribution in [2.45, 2.75) is 32.7 Å². The first-order valence-corrected chi connectivity index (χ1v) is 7.92. The van der Waals surface area contributed by atoms with Crippen LogP contribution in [0.5, 0.6) is 0 Å². The number of nitrogens with zero attached hydrogens (tertiary/aromatic N) is 1. The molecule has 0 radical (unpaired) electrons. The fourth-order valence-electron chi connectivity index (χ4n) is 2.86. The van der Waals surface area contributed by atoms with E-state index in [1.807, 2.05) is 13.8 Å². The zero-order chi connectivity index (χ0) is 14.0. The average molecular weight is 286 g/mol. The van der Waals surface area contributed by atoms with Gasteiger partial charge in [-0.05, 0) is 31.8 Å². The molecule has 0 saturated carbocycles. The van der Waals surface area contributed by atoms with E-state index < -0.39 is 17.4 Å². The average Bonchev–Trinajstić information content (AvgIpc) is 2.88. The van der Waals surface area contributed by atoms with E-state index in [2.05, 4.69) is 5.32 Å². The van der Waals surface area contributed by atoms with Crippen molar-refractivity contribution in [2.75, 3.05) is 24.7 Å². The lowest BCUT2D eigenvalue weighted by Gasteiger charge is -2.39. The Morgan fingerprint density at radius 3 is 2.74 bits per heavy atom. The van der Waals surface area contributed by atoms with Crippen LogP contribution in [-0.4, -0.2) is 52.6 Å². The van der Waals surface area contributed by atoms with Gasteiger partial charge >= 0.3 is 5.97 Å². The molecule has 2 rings (SSSR count). The van der Waals surface area contributed by atoms with E-state index in [4.69, 9.17) is 0 Å². The Morgan fingerprint density at radius 1 is 1.42 bits per heavy atom. The lowest BCUT2D eigenvalue weighted by atomic mass is 9.74. The number of carbonyl (C=O) groups excluding carboxylic acids is 1. The van der Waals surface area contributed by atoms with Crippen molar-refractivity contribution in [2.24, 2.45) is 11.3 Å². The summed E-state index contributed by atoms with van der Waals surface area (Å²) in [7, 11) is 0. The predicted octanol–water partition coefficient (Wildman–Crippen LogP) is 0.998. The van der Waals surface area contributed by atoms with Gasteiger partial charge in [-0.1, -0.05) is 13.8 Å². The van der Waals surface area contributed by atoms with E-state index in [9.17, 15) is 14.7 Å². The number of carboxylic acid groups (broad SMARTS) is 1. The van der Waals surface area contributed by atoms with Crippen LogP contribution in [-0.2, 0) is 9.59 Å². The fraction of sp³-hybridized carbons (Fsp3) is 0.846. The van der Waals surface area contributed by atoms with E-state index in [-0.39, 0.29) is 11.8 Å². The third kappa shape index (κ3) is 2.89. The number of aliphatic carboxylic acids is 1. The molecule has 0 aromatic rings. The van der Waals surface area contributed by atoms with Crippen LogP contribution in [0.4, 0.5) is 0 Å². The number of thioether (sulfide) groups is 1. The van der Waals surface area contributed by atoms with E-state index in [0.29, 0.717) is 11.6 Å². The van der Waals surface area contributed by atoms with Gasteiger partial charge in [-0.2, -0.15) is 0 Å². The lowest BCUT2D eigenvalue weighted by molar-refractivity contribution is -0.153. The summed E-state index contributed by atoms with van der Waals surface area (Å²) in [6.45, 7) is 5.76. The molecule has 1 amide bonds. The molecule has 2 atom stereocenters. The van der Waals surface area contributed by atoms with Crippen molar-refractivity contribution in [3.05, 3.63) is 0 Å². The Hall–Kier alpha value is -0.750. The highest BCUT2D eigenvalue weighted by atomic mass is 32.2. The topological polar surface area (TPSA) is 69.6 Å². The maximum Gasteiger partial charge on any atom is 0.327 e. The number of hydrogen-bond donors (Lipinski definition) is 2. The molecule has 0 spiro atoms. The highest BCUT2D eigenvalue weighted by molar-refractivity contribution is 7.99. The van der Waals surface area contributed by atoms with Crippen LogP contribution >= 0.6 is 11.8 Å². The molecule has 2 N–H and O–H groups in total. The fourth-order valence-corrected chi connectivity index (χ4v) is 4.01. The summed E-state index contributed by atoms with van der Waals surface area (Å²) in [6.07, 6.45) is 2.11. The van der Waals surface area contributed by atoms with Gasteiger partial charge in [0.05, 0.1) is 5.88 Å². The van der Waals surface area contributed by atoms with Crippen LogP contribution in [0.2, 0.25) is 0 Å². The van der Waals surface area contributed by atoms with Crippen LogP contribution in [0, 0.1) is 11.3 Å². The molecule has 0 aromatic carbocycles. The maximum absolute atomic E-state index is 12.7. The van der Waals surface area contributed by atoms with Crippen LogP contribution in [0.3, 0.4) is 0 Å². The monoisotopic (exact) mass is 286 g/mol. The molecule has 2 heterocycles. The normalized spacial score (nSPS) is 28.4. The van der Waals surface area contributed by atoms with Crippen LogP contribution in [0.15, 0.2) is 0 Å². The van der Waals surface area contributed by atoms with Crippen molar-refractivity contribution >= 4 is 23.6 Å². The van der Waals surface area contributed by atoms with Gasteiger partial charge in [-0.3, -0.25) is 4.79 Å². The van der Waals surface area contributed by atoms with Gasteiger partial charge in [-0.25, -0.2) is 4.79 Å². The molecule has 5 nitrogen and oxygen atoms in total. The molecule has 19 heavy (non-hydrogen) atoms. The number of carboxylic acids is 1. The molecule has 0 aliphatic carbocycles. The second kappa shape index (κ2) is 5.71. The first-order valence-electron chi connectivity index (χ1n) is 6.77. The van der Waals surface area contributed by atoms with Crippen LogP contribution < -0.4 is 5.32 Å². The Labute approximate surface area is 118 Å². The third-order valence-electron chi connectivity index (χ3n) is 4.30. The van der Waals surface area contributed by atoms with Crippen molar-refractivity contribution in [3.63, 3.8) is 0 Å². The lowest BCUT2D eigenvalue weighted by Crippen LogP contribution is -2.52. The highest BCUT2D eigenvalue weighted by Gasteiger charge is 2.44. The largest absolute Gasteiger partial charge is 0.480 e. The molecule has 0 aromatic heterocycles. The zero-order valence-electron chi connectivity index (χ0n) is 11.5. The van der Waals surface area contributed by atoms with Gasteiger partial charge in [0.1, 0.15) is 6.04 Å². The van der Waals surface area contributed by atoms with Gasteiger partial charge in [-0.15, -0.1) is 11.8 Å². The SMILES string of the molecule is CC(C)(C(=O)N1CSC[C@H]1C(=O)O)C1CCCNC1. The second-order valence-corrected chi connectivity index (χ2v) is 6.89. The molecule has 2 saturated heterocycles. The third-order valence-corrected chi connectivity index (χ3v) is 5.31. The second-order valence-electron chi connectivity index (χ2n) is 5.89. The minimum absolute atomic E-state index is 0.0152. The molecule has 2 aliphatic heterocycles. The molecule has 108 valence electrons. The van der Waals surface area contributed by atoms with Gasteiger partial charge in [0.25, 0.3) is 0 Å². The van der Waals surface area contributed by atoms with Crippen molar-refractivity contribution in [3.8, 4) is 0 Å².